The van der Waals surface area contributed by atoms with Gasteiger partial charge in [0.05, 0.1) is 12.3 Å². The molecule has 0 aliphatic rings. The lowest BCUT2D eigenvalue weighted by Gasteiger charge is -2.08. The second kappa shape index (κ2) is 7.85. The number of aromatic nitrogens is 1. The summed E-state index contributed by atoms with van der Waals surface area (Å²) in [7, 11) is 0. The molecule has 0 atom stereocenters. The second-order valence-corrected chi connectivity index (χ2v) is 4.22. The van der Waals surface area contributed by atoms with Gasteiger partial charge in [-0.05, 0) is 26.0 Å². The number of ether oxygens (including phenoxy) is 1. The van der Waals surface area contributed by atoms with Crippen LogP contribution < -0.4 is 10.1 Å². The van der Waals surface area contributed by atoms with Gasteiger partial charge >= 0.3 is 0 Å². The zero-order valence-corrected chi connectivity index (χ0v) is 10.8. The van der Waals surface area contributed by atoms with E-state index in [1.807, 2.05) is 19.1 Å². The van der Waals surface area contributed by atoms with Crippen molar-refractivity contribution in [3.63, 3.8) is 0 Å². The molecule has 0 aromatic carbocycles. The first-order valence-electron chi connectivity index (χ1n) is 6.15. The van der Waals surface area contributed by atoms with Crippen LogP contribution in [0.25, 0.3) is 0 Å². The third kappa shape index (κ3) is 6.07. The molecule has 1 N–H and O–H groups in total. The van der Waals surface area contributed by atoms with Crippen molar-refractivity contribution in [2.75, 3.05) is 13.2 Å². The molecule has 3 nitrogen and oxygen atoms in total. The van der Waals surface area contributed by atoms with E-state index in [2.05, 4.69) is 23.8 Å². The minimum Gasteiger partial charge on any atom is -0.493 e. The van der Waals surface area contributed by atoms with E-state index in [4.69, 9.17) is 4.74 Å². The van der Waals surface area contributed by atoms with E-state index in [-0.39, 0.29) is 0 Å². The highest BCUT2D eigenvalue weighted by Gasteiger charge is 1.98. The van der Waals surface area contributed by atoms with Crippen LogP contribution in [0.2, 0.25) is 0 Å². The number of hydrogen-bond acceptors (Lipinski definition) is 3. The van der Waals surface area contributed by atoms with Gasteiger partial charge < -0.3 is 10.1 Å². The summed E-state index contributed by atoms with van der Waals surface area (Å²) in [5.41, 5.74) is 2.16. The van der Waals surface area contributed by atoms with E-state index in [1.165, 1.54) is 0 Å². The molecule has 1 heterocycles. The van der Waals surface area contributed by atoms with Gasteiger partial charge in [-0.3, -0.25) is 4.98 Å². The van der Waals surface area contributed by atoms with Crippen molar-refractivity contribution in [2.45, 2.75) is 33.2 Å². The van der Waals surface area contributed by atoms with Crippen LogP contribution in [0.4, 0.5) is 0 Å². The van der Waals surface area contributed by atoms with Crippen LogP contribution >= 0.6 is 0 Å². The van der Waals surface area contributed by atoms with Crippen molar-refractivity contribution < 1.29 is 4.74 Å². The summed E-state index contributed by atoms with van der Waals surface area (Å²) in [6, 6.07) is 3.88. The first kappa shape index (κ1) is 13.7. The lowest BCUT2D eigenvalue weighted by atomic mass is 10.2. The van der Waals surface area contributed by atoms with E-state index in [9.17, 15) is 0 Å². The molecule has 17 heavy (non-hydrogen) atoms. The zero-order chi connectivity index (χ0) is 12.5. The average molecular weight is 234 g/mol. The van der Waals surface area contributed by atoms with Gasteiger partial charge in [0.25, 0.3) is 0 Å². The molecule has 3 heteroatoms. The molecule has 0 aliphatic carbocycles. The highest BCUT2D eigenvalue weighted by molar-refractivity contribution is 5.22. The molecule has 0 amide bonds. The summed E-state index contributed by atoms with van der Waals surface area (Å²) in [5, 5.41) is 3.32. The molecule has 0 spiro atoms. The number of rotatable bonds is 8. The Hall–Kier alpha value is -1.35. The molecular weight excluding hydrogens is 212 g/mol. The Kier molecular flexibility index (Phi) is 6.33. The predicted octanol–water partition coefficient (Wildman–Crippen LogP) is 2.93. The number of nitrogens with zero attached hydrogens (tertiary/aromatic N) is 1. The van der Waals surface area contributed by atoms with Crippen LogP contribution in [-0.4, -0.2) is 18.1 Å². The van der Waals surface area contributed by atoms with Gasteiger partial charge in [-0.15, -0.1) is 6.58 Å². The van der Waals surface area contributed by atoms with Gasteiger partial charge in [0.15, 0.2) is 0 Å². The molecule has 0 radical (unpaired) electrons. The van der Waals surface area contributed by atoms with Crippen molar-refractivity contribution in [3.05, 3.63) is 36.2 Å². The van der Waals surface area contributed by atoms with Gasteiger partial charge in [-0.1, -0.05) is 12.5 Å². The smallest absolute Gasteiger partial charge is 0.122 e. The van der Waals surface area contributed by atoms with Gasteiger partial charge in [0.2, 0.25) is 0 Å². The van der Waals surface area contributed by atoms with E-state index in [0.717, 1.165) is 42.9 Å². The number of pyridine rings is 1. The number of hydrogen-bond donors (Lipinski definition) is 1. The third-order valence-corrected chi connectivity index (χ3v) is 2.32. The van der Waals surface area contributed by atoms with Crippen LogP contribution in [-0.2, 0) is 6.54 Å². The predicted molar refractivity (Wildman–Crippen MR) is 71.2 cm³/mol. The molecule has 0 aliphatic heterocycles. The summed E-state index contributed by atoms with van der Waals surface area (Å²) in [5.74, 6) is 0.884. The molecule has 0 fully saturated rings. The SMILES string of the molecule is C=C(C)CCOc1ccnc(CNCCC)c1. The Morgan fingerprint density at radius 2 is 2.35 bits per heavy atom. The summed E-state index contributed by atoms with van der Waals surface area (Å²) in [6.45, 7) is 10.5. The first-order valence-corrected chi connectivity index (χ1v) is 6.15. The van der Waals surface area contributed by atoms with E-state index >= 15 is 0 Å². The Morgan fingerprint density at radius 1 is 1.53 bits per heavy atom. The highest BCUT2D eigenvalue weighted by atomic mass is 16.5. The number of nitrogens with one attached hydrogen (secondary N) is 1. The Labute approximate surface area is 104 Å². The van der Waals surface area contributed by atoms with Crippen LogP contribution in [0, 0.1) is 0 Å². The summed E-state index contributed by atoms with van der Waals surface area (Å²) < 4.78 is 5.64. The summed E-state index contributed by atoms with van der Waals surface area (Å²) in [4.78, 5) is 4.29. The van der Waals surface area contributed by atoms with Crippen molar-refractivity contribution >= 4 is 0 Å². The minimum absolute atomic E-state index is 0.682. The van der Waals surface area contributed by atoms with Crippen molar-refractivity contribution in [1.29, 1.82) is 0 Å². The van der Waals surface area contributed by atoms with Crippen molar-refractivity contribution in [1.82, 2.24) is 10.3 Å². The highest BCUT2D eigenvalue weighted by Crippen LogP contribution is 2.11. The van der Waals surface area contributed by atoms with Gasteiger partial charge in [0.1, 0.15) is 5.75 Å². The van der Waals surface area contributed by atoms with Crippen molar-refractivity contribution in [2.24, 2.45) is 0 Å². The maximum Gasteiger partial charge on any atom is 0.122 e. The molecule has 0 bridgehead atoms. The topological polar surface area (TPSA) is 34.1 Å². The Balaban J connectivity index is 2.39. The van der Waals surface area contributed by atoms with Crippen LogP contribution in [0.15, 0.2) is 30.5 Å². The fourth-order valence-corrected chi connectivity index (χ4v) is 1.38. The van der Waals surface area contributed by atoms with Gasteiger partial charge in [-0.2, -0.15) is 0 Å². The average Bonchev–Trinajstić information content (AvgIpc) is 2.29. The minimum atomic E-state index is 0.682. The quantitative estimate of drug-likeness (QED) is 0.554. The van der Waals surface area contributed by atoms with Crippen LogP contribution in [0.5, 0.6) is 5.75 Å². The van der Waals surface area contributed by atoms with Gasteiger partial charge in [-0.25, -0.2) is 0 Å². The van der Waals surface area contributed by atoms with Crippen LogP contribution in [0.1, 0.15) is 32.4 Å². The van der Waals surface area contributed by atoms with Gasteiger partial charge in [0, 0.05) is 25.2 Å². The molecule has 0 unspecified atom stereocenters. The van der Waals surface area contributed by atoms with Crippen molar-refractivity contribution in [3.8, 4) is 5.75 Å². The summed E-state index contributed by atoms with van der Waals surface area (Å²) in [6.07, 6.45) is 3.82. The Bertz CT molecular complexity index is 350. The molecule has 0 saturated carbocycles. The fraction of sp³-hybridized carbons (Fsp3) is 0.500. The molecule has 94 valence electrons. The third-order valence-electron chi connectivity index (χ3n) is 2.32. The van der Waals surface area contributed by atoms with E-state index in [1.54, 1.807) is 6.20 Å². The normalized spacial score (nSPS) is 10.2. The first-order chi connectivity index (χ1) is 8.22. The molecule has 1 aromatic heterocycles. The second-order valence-electron chi connectivity index (χ2n) is 4.22. The largest absolute Gasteiger partial charge is 0.493 e. The lowest BCUT2D eigenvalue weighted by Crippen LogP contribution is -2.14. The Morgan fingerprint density at radius 3 is 3.06 bits per heavy atom. The maximum atomic E-state index is 5.64. The molecule has 0 saturated heterocycles. The zero-order valence-electron chi connectivity index (χ0n) is 10.8. The van der Waals surface area contributed by atoms with E-state index in [0.29, 0.717) is 6.61 Å². The summed E-state index contributed by atoms with van der Waals surface area (Å²) >= 11 is 0. The lowest BCUT2D eigenvalue weighted by molar-refractivity contribution is 0.321. The fourth-order valence-electron chi connectivity index (χ4n) is 1.38. The van der Waals surface area contributed by atoms with Crippen LogP contribution in [0.3, 0.4) is 0 Å². The maximum absolute atomic E-state index is 5.64. The molecular formula is C14H22N2O. The standard InChI is InChI=1S/C14H22N2O/c1-4-7-15-11-13-10-14(5-8-16-13)17-9-6-12(2)3/h5,8,10,15H,2,4,6-7,9,11H2,1,3H3. The molecule has 1 aromatic rings. The monoisotopic (exact) mass is 234 g/mol. The molecule has 1 rings (SSSR count). The van der Waals surface area contributed by atoms with E-state index < -0.39 is 0 Å².